The van der Waals surface area contributed by atoms with Crippen molar-refractivity contribution in [3.63, 3.8) is 0 Å². The number of hydrogen-bond acceptors (Lipinski definition) is 3. The third-order valence-electron chi connectivity index (χ3n) is 3.82. The number of amides is 1. The Kier molecular flexibility index (Phi) is 7.02. The predicted molar refractivity (Wildman–Crippen MR) is 81.9 cm³/mol. The monoisotopic (exact) mass is 300 g/mol. The number of nitrogens with zero attached hydrogens (tertiary/aromatic N) is 3. The van der Waals surface area contributed by atoms with E-state index in [1.165, 1.54) is 0 Å². The average molecular weight is 301 g/mol. The van der Waals surface area contributed by atoms with Crippen LogP contribution in [0.5, 0.6) is 0 Å². The van der Waals surface area contributed by atoms with E-state index in [0.717, 1.165) is 38.9 Å². The molecule has 0 aromatic carbocycles. The number of piperidine rings is 1. The van der Waals surface area contributed by atoms with Gasteiger partial charge in [-0.15, -0.1) is 12.4 Å². The summed E-state index contributed by atoms with van der Waals surface area (Å²) in [5.41, 5.74) is 0. The van der Waals surface area contributed by atoms with Crippen LogP contribution in [-0.2, 0) is 11.3 Å². The van der Waals surface area contributed by atoms with Gasteiger partial charge in [-0.05, 0) is 32.7 Å². The molecule has 114 valence electrons. The fraction of sp³-hybridized carbons (Fsp3) is 0.714. The van der Waals surface area contributed by atoms with Crippen LogP contribution in [0.3, 0.4) is 0 Å². The van der Waals surface area contributed by atoms with Crippen molar-refractivity contribution >= 4 is 18.3 Å². The van der Waals surface area contributed by atoms with Crippen molar-refractivity contribution < 1.29 is 4.79 Å². The zero-order chi connectivity index (χ0) is 13.7. The molecule has 20 heavy (non-hydrogen) atoms. The summed E-state index contributed by atoms with van der Waals surface area (Å²) >= 11 is 0. The summed E-state index contributed by atoms with van der Waals surface area (Å²) in [7, 11) is 1.92. The molecule has 2 heterocycles. The molecule has 1 amide bonds. The second-order valence-corrected chi connectivity index (χ2v) is 5.49. The van der Waals surface area contributed by atoms with Gasteiger partial charge in [0.15, 0.2) is 0 Å². The summed E-state index contributed by atoms with van der Waals surface area (Å²) in [5, 5.41) is 3.39. The topological polar surface area (TPSA) is 50.2 Å². The van der Waals surface area contributed by atoms with Gasteiger partial charge in [0.2, 0.25) is 5.91 Å². The molecule has 0 unspecified atom stereocenters. The molecule has 1 aromatic heterocycles. The lowest BCUT2D eigenvalue weighted by Gasteiger charge is -2.30. The van der Waals surface area contributed by atoms with Gasteiger partial charge in [-0.1, -0.05) is 0 Å². The minimum atomic E-state index is 0. The molecule has 0 radical (unpaired) electrons. The van der Waals surface area contributed by atoms with Crippen molar-refractivity contribution in [1.82, 2.24) is 19.8 Å². The van der Waals surface area contributed by atoms with Gasteiger partial charge in [0.25, 0.3) is 0 Å². The largest absolute Gasteiger partial charge is 0.345 e. The fourth-order valence-electron chi connectivity index (χ4n) is 2.69. The summed E-state index contributed by atoms with van der Waals surface area (Å²) in [6.07, 6.45) is 8.46. The van der Waals surface area contributed by atoms with Gasteiger partial charge < -0.3 is 14.8 Å². The lowest BCUT2D eigenvalue weighted by molar-refractivity contribution is -0.135. The summed E-state index contributed by atoms with van der Waals surface area (Å²) in [6.45, 7) is 4.84. The first-order valence-electron chi connectivity index (χ1n) is 7.11. The molecule has 1 N–H and O–H groups in total. The van der Waals surface area contributed by atoms with E-state index in [0.29, 0.717) is 11.9 Å². The molecule has 0 spiro atoms. The van der Waals surface area contributed by atoms with Crippen molar-refractivity contribution in [2.24, 2.45) is 5.92 Å². The Hall–Kier alpha value is -1.07. The standard InChI is InChI=1S/C14H24N4O.ClH/c1-12-10-13(4-5-16-12)14(19)17(2)7-3-8-18-9-6-15-11-18;/h6,9,11-13,16H,3-5,7-8,10H2,1-2H3;1H/t12-,13-;/m0./s1. The molecular weight excluding hydrogens is 276 g/mol. The van der Waals surface area contributed by atoms with E-state index in [-0.39, 0.29) is 18.3 Å². The molecule has 1 saturated heterocycles. The van der Waals surface area contributed by atoms with Gasteiger partial charge in [0, 0.05) is 44.5 Å². The number of imidazole rings is 1. The van der Waals surface area contributed by atoms with Crippen LogP contribution in [0.25, 0.3) is 0 Å². The second kappa shape index (κ2) is 8.27. The van der Waals surface area contributed by atoms with Crippen LogP contribution in [-0.4, -0.2) is 46.5 Å². The van der Waals surface area contributed by atoms with E-state index in [1.54, 1.807) is 6.20 Å². The summed E-state index contributed by atoms with van der Waals surface area (Å²) < 4.78 is 2.05. The van der Waals surface area contributed by atoms with Crippen molar-refractivity contribution in [3.8, 4) is 0 Å². The zero-order valence-electron chi connectivity index (χ0n) is 12.3. The Morgan fingerprint density at radius 3 is 3.00 bits per heavy atom. The van der Waals surface area contributed by atoms with Gasteiger partial charge in [-0.2, -0.15) is 0 Å². The van der Waals surface area contributed by atoms with Gasteiger partial charge in [-0.3, -0.25) is 4.79 Å². The van der Waals surface area contributed by atoms with Crippen LogP contribution < -0.4 is 5.32 Å². The third-order valence-corrected chi connectivity index (χ3v) is 3.82. The van der Waals surface area contributed by atoms with E-state index in [2.05, 4.69) is 17.2 Å². The van der Waals surface area contributed by atoms with Crippen LogP contribution in [0, 0.1) is 5.92 Å². The molecule has 1 aromatic rings. The Balaban J connectivity index is 0.00000200. The minimum Gasteiger partial charge on any atom is -0.345 e. The predicted octanol–water partition coefficient (Wildman–Crippen LogP) is 1.54. The highest BCUT2D eigenvalue weighted by Crippen LogP contribution is 2.18. The Labute approximate surface area is 127 Å². The third kappa shape index (κ3) is 4.80. The molecule has 1 aliphatic rings. The molecule has 6 heteroatoms. The number of nitrogens with one attached hydrogen (secondary N) is 1. The molecule has 1 fully saturated rings. The van der Waals surface area contributed by atoms with Crippen LogP contribution in [0.2, 0.25) is 0 Å². The normalized spacial score (nSPS) is 22.1. The average Bonchev–Trinajstić information content (AvgIpc) is 2.91. The van der Waals surface area contributed by atoms with E-state index >= 15 is 0 Å². The van der Waals surface area contributed by atoms with Crippen molar-refractivity contribution in [3.05, 3.63) is 18.7 Å². The number of hydrogen-bond donors (Lipinski definition) is 1. The maximum Gasteiger partial charge on any atom is 0.225 e. The van der Waals surface area contributed by atoms with Gasteiger partial charge in [-0.25, -0.2) is 4.98 Å². The van der Waals surface area contributed by atoms with E-state index in [1.807, 2.05) is 29.0 Å². The molecular formula is C14H25ClN4O. The maximum atomic E-state index is 12.3. The summed E-state index contributed by atoms with van der Waals surface area (Å²) in [6, 6.07) is 0.460. The number of rotatable bonds is 5. The lowest BCUT2D eigenvalue weighted by atomic mass is 9.92. The Morgan fingerprint density at radius 2 is 2.35 bits per heavy atom. The SMILES string of the molecule is C[C@H]1C[C@@H](C(=O)N(C)CCCn2ccnc2)CCN1.Cl. The fourth-order valence-corrected chi connectivity index (χ4v) is 2.69. The number of carbonyl (C=O) groups is 1. The highest BCUT2D eigenvalue weighted by Gasteiger charge is 2.26. The number of halogens is 1. The minimum absolute atomic E-state index is 0. The molecule has 2 rings (SSSR count). The maximum absolute atomic E-state index is 12.3. The van der Waals surface area contributed by atoms with Crippen molar-refractivity contribution in [2.75, 3.05) is 20.1 Å². The highest BCUT2D eigenvalue weighted by molar-refractivity contribution is 5.85. The first-order valence-corrected chi connectivity index (χ1v) is 7.11. The molecule has 5 nitrogen and oxygen atoms in total. The van der Waals surface area contributed by atoms with Crippen LogP contribution in [0.15, 0.2) is 18.7 Å². The Bertz CT molecular complexity index is 396. The van der Waals surface area contributed by atoms with Gasteiger partial charge in [0.05, 0.1) is 6.33 Å². The lowest BCUT2D eigenvalue weighted by Crippen LogP contribution is -2.43. The van der Waals surface area contributed by atoms with E-state index < -0.39 is 0 Å². The van der Waals surface area contributed by atoms with Crippen molar-refractivity contribution in [2.45, 2.75) is 38.8 Å². The quantitative estimate of drug-likeness (QED) is 0.897. The smallest absolute Gasteiger partial charge is 0.225 e. The first-order chi connectivity index (χ1) is 9.16. The van der Waals surface area contributed by atoms with Gasteiger partial charge in [0.1, 0.15) is 0 Å². The van der Waals surface area contributed by atoms with E-state index in [9.17, 15) is 4.79 Å². The molecule has 2 atom stereocenters. The van der Waals surface area contributed by atoms with Crippen molar-refractivity contribution in [1.29, 1.82) is 0 Å². The molecule has 0 saturated carbocycles. The number of carbonyl (C=O) groups excluding carboxylic acids is 1. The van der Waals surface area contributed by atoms with Gasteiger partial charge >= 0.3 is 0 Å². The van der Waals surface area contributed by atoms with Crippen LogP contribution >= 0.6 is 12.4 Å². The summed E-state index contributed by atoms with van der Waals surface area (Å²) in [5.74, 6) is 0.508. The first kappa shape index (κ1) is 17.0. The molecule has 0 bridgehead atoms. The molecule has 0 aliphatic carbocycles. The zero-order valence-corrected chi connectivity index (χ0v) is 13.1. The van der Waals surface area contributed by atoms with Crippen LogP contribution in [0.1, 0.15) is 26.2 Å². The van der Waals surface area contributed by atoms with Crippen LogP contribution in [0.4, 0.5) is 0 Å². The van der Waals surface area contributed by atoms with E-state index in [4.69, 9.17) is 0 Å². The number of aryl methyl sites for hydroxylation is 1. The molecule has 1 aliphatic heterocycles. The summed E-state index contributed by atoms with van der Waals surface area (Å²) in [4.78, 5) is 18.2. The highest BCUT2D eigenvalue weighted by atomic mass is 35.5. The Morgan fingerprint density at radius 1 is 1.55 bits per heavy atom. The second-order valence-electron chi connectivity index (χ2n) is 5.49. The number of aromatic nitrogens is 2.